The molecule has 1 heterocycles. The Kier molecular flexibility index (Phi) is 3.49. The van der Waals surface area contributed by atoms with Gasteiger partial charge in [-0.05, 0) is 24.6 Å². The molecule has 1 atom stereocenters. The number of carbonyl (C=O) groups excluding carboxylic acids is 1. The van der Waals surface area contributed by atoms with Gasteiger partial charge in [0.2, 0.25) is 5.91 Å². The number of amides is 1. The molecule has 0 aromatic heterocycles. The molecule has 1 aliphatic heterocycles. The Morgan fingerprint density at radius 3 is 2.63 bits per heavy atom. The zero-order chi connectivity index (χ0) is 14.2. The molecule has 1 aromatic carbocycles. The van der Waals surface area contributed by atoms with Crippen molar-refractivity contribution in [3.63, 3.8) is 0 Å². The summed E-state index contributed by atoms with van der Waals surface area (Å²) in [5.41, 5.74) is 1.57. The SMILES string of the molecule is C=CC1CC(=O)N(c2cc(S(C)(=O)=O)ccc2C)C1. The number of carbonyl (C=O) groups is 1. The predicted molar refractivity (Wildman–Crippen MR) is 74.9 cm³/mol. The van der Waals surface area contributed by atoms with Crippen molar-refractivity contribution < 1.29 is 13.2 Å². The van der Waals surface area contributed by atoms with Crippen molar-refractivity contribution >= 4 is 21.4 Å². The Morgan fingerprint density at radius 1 is 1.42 bits per heavy atom. The van der Waals surface area contributed by atoms with Crippen LogP contribution in [0.4, 0.5) is 5.69 Å². The summed E-state index contributed by atoms with van der Waals surface area (Å²) in [5.74, 6) is 0.146. The van der Waals surface area contributed by atoms with Crippen LogP contribution < -0.4 is 4.90 Å². The molecule has 4 nitrogen and oxygen atoms in total. The van der Waals surface area contributed by atoms with Gasteiger partial charge in [-0.25, -0.2) is 8.42 Å². The first-order chi connectivity index (χ1) is 8.82. The summed E-state index contributed by atoms with van der Waals surface area (Å²) in [6.45, 7) is 6.15. The van der Waals surface area contributed by atoms with E-state index in [2.05, 4.69) is 6.58 Å². The van der Waals surface area contributed by atoms with Crippen molar-refractivity contribution in [1.82, 2.24) is 0 Å². The Morgan fingerprint density at radius 2 is 2.11 bits per heavy atom. The van der Waals surface area contributed by atoms with E-state index in [1.807, 2.05) is 6.92 Å². The predicted octanol–water partition coefficient (Wildman–Crippen LogP) is 1.94. The molecule has 0 spiro atoms. The highest BCUT2D eigenvalue weighted by atomic mass is 32.2. The van der Waals surface area contributed by atoms with E-state index in [0.717, 1.165) is 5.56 Å². The number of sulfone groups is 1. The van der Waals surface area contributed by atoms with Crippen molar-refractivity contribution in [2.24, 2.45) is 5.92 Å². The second kappa shape index (κ2) is 4.81. The summed E-state index contributed by atoms with van der Waals surface area (Å²) < 4.78 is 23.2. The van der Waals surface area contributed by atoms with Gasteiger partial charge >= 0.3 is 0 Å². The molecule has 1 amide bonds. The van der Waals surface area contributed by atoms with Crippen LogP contribution in [-0.2, 0) is 14.6 Å². The lowest BCUT2D eigenvalue weighted by atomic mass is 10.1. The zero-order valence-corrected chi connectivity index (χ0v) is 11.9. The molecule has 0 aliphatic carbocycles. The summed E-state index contributed by atoms with van der Waals surface area (Å²) >= 11 is 0. The molecule has 2 rings (SSSR count). The van der Waals surface area contributed by atoms with Crippen LogP contribution in [0.1, 0.15) is 12.0 Å². The average Bonchev–Trinajstić information content (AvgIpc) is 2.69. The van der Waals surface area contributed by atoms with Crippen molar-refractivity contribution in [3.8, 4) is 0 Å². The normalized spacial score (nSPS) is 19.8. The second-order valence-electron chi connectivity index (χ2n) is 4.92. The number of aryl methyl sites for hydroxylation is 1. The lowest BCUT2D eigenvalue weighted by Crippen LogP contribution is -2.25. The highest BCUT2D eigenvalue weighted by molar-refractivity contribution is 7.90. The Balaban J connectivity index is 2.45. The van der Waals surface area contributed by atoms with Crippen LogP contribution >= 0.6 is 0 Å². The maximum absolute atomic E-state index is 12.0. The van der Waals surface area contributed by atoms with Crippen molar-refractivity contribution in [2.75, 3.05) is 17.7 Å². The van der Waals surface area contributed by atoms with Gasteiger partial charge in [-0.1, -0.05) is 12.1 Å². The van der Waals surface area contributed by atoms with Crippen LogP contribution in [0.15, 0.2) is 35.7 Å². The quantitative estimate of drug-likeness (QED) is 0.795. The number of anilines is 1. The first-order valence-corrected chi connectivity index (χ1v) is 7.95. The van der Waals surface area contributed by atoms with E-state index < -0.39 is 9.84 Å². The van der Waals surface area contributed by atoms with Gasteiger partial charge in [-0.15, -0.1) is 6.58 Å². The van der Waals surface area contributed by atoms with Gasteiger partial charge in [-0.3, -0.25) is 4.79 Å². The van der Waals surface area contributed by atoms with Gasteiger partial charge < -0.3 is 4.90 Å². The number of hydrogen-bond acceptors (Lipinski definition) is 3. The Labute approximate surface area is 113 Å². The molecule has 0 bridgehead atoms. The van der Waals surface area contributed by atoms with Gasteiger partial charge in [0, 0.05) is 30.8 Å². The van der Waals surface area contributed by atoms with E-state index in [4.69, 9.17) is 0 Å². The van der Waals surface area contributed by atoms with Crippen molar-refractivity contribution in [3.05, 3.63) is 36.4 Å². The fraction of sp³-hybridized carbons (Fsp3) is 0.357. The van der Waals surface area contributed by atoms with Crippen LogP contribution in [-0.4, -0.2) is 27.1 Å². The third-order valence-electron chi connectivity index (χ3n) is 3.39. The van der Waals surface area contributed by atoms with Crippen LogP contribution in [0.25, 0.3) is 0 Å². The minimum absolute atomic E-state index is 0.0126. The standard InChI is InChI=1S/C14H17NO3S/c1-4-11-7-14(16)15(9-11)13-8-12(19(3,17)18)6-5-10(13)2/h4-6,8,11H,1,7,9H2,2-3H3. The molecule has 1 aliphatic rings. The van der Waals surface area contributed by atoms with Gasteiger partial charge in [-0.2, -0.15) is 0 Å². The molecule has 0 saturated carbocycles. The van der Waals surface area contributed by atoms with E-state index in [9.17, 15) is 13.2 Å². The lowest BCUT2D eigenvalue weighted by molar-refractivity contribution is -0.117. The van der Waals surface area contributed by atoms with Crippen LogP contribution in [0.2, 0.25) is 0 Å². The topological polar surface area (TPSA) is 54.5 Å². The minimum atomic E-state index is -3.27. The second-order valence-corrected chi connectivity index (χ2v) is 6.94. The Hall–Kier alpha value is -1.62. The number of hydrogen-bond donors (Lipinski definition) is 0. The highest BCUT2D eigenvalue weighted by Crippen LogP contribution is 2.30. The van der Waals surface area contributed by atoms with Crippen LogP contribution in [0, 0.1) is 12.8 Å². The van der Waals surface area contributed by atoms with Gasteiger partial charge in [0.25, 0.3) is 0 Å². The summed E-state index contributed by atoms with van der Waals surface area (Å²) in [6.07, 6.45) is 3.37. The number of rotatable bonds is 3. The third-order valence-corrected chi connectivity index (χ3v) is 4.50. The van der Waals surface area contributed by atoms with Crippen molar-refractivity contribution in [2.45, 2.75) is 18.2 Å². The summed E-state index contributed by atoms with van der Waals surface area (Å²) in [5, 5.41) is 0. The average molecular weight is 279 g/mol. The monoisotopic (exact) mass is 279 g/mol. The van der Waals surface area contributed by atoms with Gasteiger partial charge in [0.1, 0.15) is 0 Å². The molecule has 1 aromatic rings. The van der Waals surface area contributed by atoms with E-state index in [-0.39, 0.29) is 16.7 Å². The summed E-state index contributed by atoms with van der Waals surface area (Å²) in [7, 11) is -3.27. The van der Waals surface area contributed by atoms with Crippen molar-refractivity contribution in [1.29, 1.82) is 0 Å². The van der Waals surface area contributed by atoms with Crippen LogP contribution in [0.3, 0.4) is 0 Å². The van der Waals surface area contributed by atoms with E-state index in [0.29, 0.717) is 18.7 Å². The largest absolute Gasteiger partial charge is 0.311 e. The number of nitrogens with zero attached hydrogens (tertiary/aromatic N) is 1. The summed E-state index contributed by atoms with van der Waals surface area (Å²) in [4.78, 5) is 13.9. The van der Waals surface area contributed by atoms with Gasteiger partial charge in [0.15, 0.2) is 9.84 Å². The maximum atomic E-state index is 12.0. The molecule has 1 unspecified atom stereocenters. The number of benzene rings is 1. The first kappa shape index (κ1) is 13.8. The highest BCUT2D eigenvalue weighted by Gasteiger charge is 2.30. The van der Waals surface area contributed by atoms with Crippen LogP contribution in [0.5, 0.6) is 0 Å². The minimum Gasteiger partial charge on any atom is -0.311 e. The molecule has 102 valence electrons. The van der Waals surface area contributed by atoms with Gasteiger partial charge in [0.05, 0.1) is 4.90 Å². The summed E-state index contributed by atoms with van der Waals surface area (Å²) in [6, 6.07) is 4.88. The van der Waals surface area contributed by atoms with E-state index >= 15 is 0 Å². The zero-order valence-electron chi connectivity index (χ0n) is 11.1. The Bertz CT molecular complexity index is 634. The first-order valence-electron chi connectivity index (χ1n) is 6.06. The molecule has 1 saturated heterocycles. The molecule has 0 radical (unpaired) electrons. The van der Waals surface area contributed by atoms with E-state index in [1.54, 1.807) is 29.2 Å². The molecular formula is C14H17NO3S. The fourth-order valence-corrected chi connectivity index (χ4v) is 2.88. The molecule has 1 fully saturated rings. The molecule has 19 heavy (non-hydrogen) atoms. The smallest absolute Gasteiger partial charge is 0.227 e. The third kappa shape index (κ3) is 2.71. The molecule has 0 N–H and O–H groups in total. The maximum Gasteiger partial charge on any atom is 0.227 e. The molecular weight excluding hydrogens is 262 g/mol. The molecule has 5 heteroatoms. The lowest BCUT2D eigenvalue weighted by Gasteiger charge is -2.19. The van der Waals surface area contributed by atoms with E-state index in [1.165, 1.54) is 6.26 Å². The fourth-order valence-electron chi connectivity index (χ4n) is 2.24.